The molecule has 0 saturated carbocycles. The zero-order valence-electron chi connectivity index (χ0n) is 21.0. The molecule has 0 aromatic heterocycles. The lowest BCUT2D eigenvalue weighted by molar-refractivity contribution is 0.0235. The van der Waals surface area contributed by atoms with Crippen molar-refractivity contribution in [1.82, 2.24) is 4.90 Å². The summed E-state index contributed by atoms with van der Waals surface area (Å²) >= 11 is 0. The van der Waals surface area contributed by atoms with Gasteiger partial charge in [-0.3, -0.25) is 0 Å². The summed E-state index contributed by atoms with van der Waals surface area (Å²) in [7, 11) is -1.50. The molecule has 3 N–H and O–H groups in total. The number of anilines is 1. The zero-order chi connectivity index (χ0) is 24.9. The number of nitrogens with zero attached hydrogens (tertiary/aromatic N) is 1. The highest BCUT2D eigenvalue weighted by Crippen LogP contribution is 2.28. The summed E-state index contributed by atoms with van der Waals surface area (Å²) in [4.78, 5) is 12.5. The largest absolute Gasteiger partial charge is 0.490 e. The molecule has 0 aliphatic carbocycles. The van der Waals surface area contributed by atoms with Crippen LogP contribution in [-0.2, 0) is 18.0 Å². The summed E-state index contributed by atoms with van der Waals surface area (Å²) < 4.78 is 18.4. The topological polar surface area (TPSA) is 94.3 Å². The number of benzene rings is 2. The van der Waals surface area contributed by atoms with Crippen molar-refractivity contribution in [2.24, 2.45) is 0 Å². The van der Waals surface area contributed by atoms with Gasteiger partial charge in [0.1, 0.15) is 24.2 Å². The van der Waals surface area contributed by atoms with Crippen LogP contribution in [0.4, 0.5) is 10.5 Å². The number of carbonyl (C=O) groups is 1. The molecule has 0 atom stereocenters. The molecule has 1 fully saturated rings. The number of rotatable bonds is 9. The van der Waals surface area contributed by atoms with Crippen LogP contribution in [-0.4, -0.2) is 48.6 Å². The van der Waals surface area contributed by atoms with E-state index in [0.717, 1.165) is 22.6 Å². The molecular weight excluding hydrogens is 448 g/mol. The van der Waals surface area contributed by atoms with E-state index >= 15 is 0 Å². The van der Waals surface area contributed by atoms with Gasteiger partial charge in [0, 0.05) is 37.2 Å². The van der Waals surface area contributed by atoms with Crippen molar-refractivity contribution in [3.8, 4) is 11.5 Å². The number of likely N-dealkylation sites (tertiary alicyclic amines) is 1. The molecular formula is C26H38N2O5Si. The van der Waals surface area contributed by atoms with Crippen LogP contribution in [0.15, 0.2) is 42.5 Å². The third-order valence-electron chi connectivity index (χ3n) is 6.93. The minimum absolute atomic E-state index is 0.0226. The second-order valence-corrected chi connectivity index (χ2v) is 16.1. The van der Waals surface area contributed by atoms with Crippen LogP contribution in [0, 0.1) is 0 Å². The van der Waals surface area contributed by atoms with E-state index in [2.05, 4.69) is 33.5 Å². The second kappa shape index (κ2) is 10.7. The van der Waals surface area contributed by atoms with Gasteiger partial charge in [0.2, 0.25) is 0 Å². The summed E-state index contributed by atoms with van der Waals surface area (Å²) in [6.07, 6.45) is 0.539. The summed E-state index contributed by atoms with van der Waals surface area (Å²) in [6, 6.07) is 13.4. The van der Waals surface area contributed by atoms with Gasteiger partial charge in [0.15, 0.2) is 0 Å². The van der Waals surface area contributed by atoms with Gasteiger partial charge in [-0.15, -0.1) is 0 Å². The molecule has 34 heavy (non-hydrogen) atoms. The Morgan fingerprint density at radius 3 is 2.26 bits per heavy atom. The molecule has 8 heteroatoms. The number of piperidine rings is 1. The number of hydrogen-bond donors (Lipinski definition) is 2. The molecule has 1 amide bonds. The second-order valence-electron chi connectivity index (χ2n) is 10.4. The third-order valence-corrected chi connectivity index (χ3v) is 10.7. The summed E-state index contributed by atoms with van der Waals surface area (Å²) in [6.45, 7) is 13.1. The van der Waals surface area contributed by atoms with Crippen LogP contribution in [0.1, 0.15) is 37.8 Å². The molecule has 7 nitrogen and oxygen atoms in total. The molecule has 1 saturated heterocycles. The van der Waals surface area contributed by atoms with Crippen LogP contribution < -0.4 is 15.2 Å². The highest BCUT2D eigenvalue weighted by molar-refractivity contribution is 6.78. The maximum Gasteiger partial charge on any atom is 0.407 e. The Kier molecular flexibility index (Phi) is 8.15. The lowest BCUT2D eigenvalue weighted by Crippen LogP contribution is -2.49. The van der Waals surface area contributed by atoms with Gasteiger partial charge in [0.05, 0.1) is 19.9 Å². The molecule has 186 valence electrons. The molecule has 0 spiro atoms. The van der Waals surface area contributed by atoms with E-state index in [4.69, 9.17) is 25.1 Å². The maximum absolute atomic E-state index is 11.0. The fourth-order valence-corrected chi connectivity index (χ4v) is 4.07. The van der Waals surface area contributed by atoms with Gasteiger partial charge in [-0.2, -0.15) is 0 Å². The predicted molar refractivity (Wildman–Crippen MR) is 137 cm³/mol. The highest BCUT2D eigenvalue weighted by Gasteiger charge is 2.35. The van der Waals surface area contributed by atoms with Crippen LogP contribution in [0.25, 0.3) is 0 Å². The molecule has 2 aromatic carbocycles. The third kappa shape index (κ3) is 6.67. The van der Waals surface area contributed by atoms with Crippen molar-refractivity contribution < 1.29 is 24.1 Å². The normalized spacial score (nSPS) is 15.3. The lowest BCUT2D eigenvalue weighted by Gasteiger charge is -2.37. The predicted octanol–water partition coefficient (Wildman–Crippen LogP) is 5.54. The number of nitrogens with two attached hydrogens (primary N) is 1. The van der Waals surface area contributed by atoms with Crippen molar-refractivity contribution in [3.63, 3.8) is 0 Å². The Morgan fingerprint density at radius 1 is 1.06 bits per heavy atom. The molecule has 1 heterocycles. The molecule has 0 radical (unpaired) electrons. The van der Waals surface area contributed by atoms with E-state index < -0.39 is 14.2 Å². The Labute approximate surface area is 203 Å². The Hall–Kier alpha value is -2.71. The van der Waals surface area contributed by atoms with Crippen molar-refractivity contribution in [2.45, 2.75) is 70.9 Å². The SMILES string of the molecule is CC(C)(OCc1cccc(N)c1COc1ccc(OC2CCN(C(=O)O)CC2)cc1)[Si](C)(C)C. The maximum atomic E-state index is 11.0. The van der Waals surface area contributed by atoms with Crippen molar-refractivity contribution in [3.05, 3.63) is 53.6 Å². The first-order chi connectivity index (χ1) is 16.0. The summed E-state index contributed by atoms with van der Waals surface area (Å²) in [5, 5.41) is 8.91. The van der Waals surface area contributed by atoms with E-state index in [1.165, 1.54) is 4.90 Å². The van der Waals surface area contributed by atoms with Gasteiger partial charge >= 0.3 is 6.09 Å². The van der Waals surface area contributed by atoms with Crippen molar-refractivity contribution in [2.75, 3.05) is 18.8 Å². The van der Waals surface area contributed by atoms with Crippen LogP contribution in [0.3, 0.4) is 0 Å². The van der Waals surface area contributed by atoms with Gasteiger partial charge in [-0.1, -0.05) is 31.8 Å². The molecule has 1 aliphatic rings. The number of hydrogen-bond acceptors (Lipinski definition) is 5. The zero-order valence-corrected chi connectivity index (χ0v) is 22.0. The molecule has 2 aromatic rings. The minimum Gasteiger partial charge on any atom is -0.490 e. The number of carboxylic acid groups (broad SMARTS) is 1. The lowest BCUT2D eigenvalue weighted by atomic mass is 10.1. The Balaban J connectivity index is 1.57. The smallest absolute Gasteiger partial charge is 0.407 e. The van der Waals surface area contributed by atoms with E-state index in [0.29, 0.717) is 44.8 Å². The van der Waals surface area contributed by atoms with Crippen LogP contribution in [0.5, 0.6) is 11.5 Å². The molecule has 0 unspecified atom stereocenters. The molecule has 1 aliphatic heterocycles. The Morgan fingerprint density at radius 2 is 1.68 bits per heavy atom. The van der Waals surface area contributed by atoms with E-state index in [1.54, 1.807) is 0 Å². The van der Waals surface area contributed by atoms with E-state index in [9.17, 15) is 4.79 Å². The van der Waals surface area contributed by atoms with E-state index in [-0.39, 0.29) is 11.3 Å². The quantitative estimate of drug-likeness (QED) is 0.357. The number of ether oxygens (including phenoxy) is 3. The van der Waals surface area contributed by atoms with Gasteiger partial charge in [-0.25, -0.2) is 4.79 Å². The average molecular weight is 487 g/mol. The van der Waals surface area contributed by atoms with Gasteiger partial charge in [-0.05, 0) is 49.7 Å². The van der Waals surface area contributed by atoms with Crippen molar-refractivity contribution in [1.29, 1.82) is 0 Å². The van der Waals surface area contributed by atoms with Crippen molar-refractivity contribution >= 4 is 19.9 Å². The fraction of sp³-hybridized carbons (Fsp3) is 0.500. The van der Waals surface area contributed by atoms with Crippen LogP contribution in [0.2, 0.25) is 19.6 Å². The number of amides is 1. The molecule has 0 bridgehead atoms. The number of nitrogen functional groups attached to an aromatic ring is 1. The minimum atomic E-state index is -1.50. The van der Waals surface area contributed by atoms with E-state index in [1.807, 2.05) is 42.5 Å². The highest BCUT2D eigenvalue weighted by atomic mass is 28.3. The standard InChI is InChI=1S/C26H38N2O5Si/c1-26(2,34(3,4)5)32-17-19-7-6-8-24(27)23(19)18-31-20-9-11-21(12-10-20)33-22-13-15-28(16-14-22)25(29)30/h6-12,22H,13-18,27H2,1-5H3,(H,29,30). The summed E-state index contributed by atoms with van der Waals surface area (Å²) in [5.41, 5.74) is 8.96. The molecule has 3 rings (SSSR count). The average Bonchev–Trinajstić information content (AvgIpc) is 2.77. The monoisotopic (exact) mass is 486 g/mol. The first kappa shape index (κ1) is 25.9. The first-order valence-electron chi connectivity index (χ1n) is 11.8. The fourth-order valence-electron chi connectivity index (χ4n) is 3.57. The summed E-state index contributed by atoms with van der Waals surface area (Å²) in [5.74, 6) is 1.48. The van der Waals surface area contributed by atoms with Crippen LogP contribution >= 0.6 is 0 Å². The van der Waals surface area contributed by atoms with Gasteiger partial charge in [0.25, 0.3) is 0 Å². The van der Waals surface area contributed by atoms with Gasteiger partial charge < -0.3 is 30.0 Å². The first-order valence-corrected chi connectivity index (χ1v) is 15.3. The Bertz CT molecular complexity index is 964.